The lowest BCUT2D eigenvalue weighted by atomic mass is 9.91. The van der Waals surface area contributed by atoms with Crippen molar-refractivity contribution in [2.75, 3.05) is 7.11 Å². The first kappa shape index (κ1) is 22.5. The average molecular weight is 440 g/mol. The fourth-order valence-electron chi connectivity index (χ4n) is 4.07. The van der Waals surface area contributed by atoms with E-state index in [-0.39, 0.29) is 11.9 Å². The molecule has 0 fully saturated rings. The number of aromatic nitrogens is 1. The van der Waals surface area contributed by atoms with Crippen LogP contribution in [0.25, 0.3) is 11.5 Å². The van der Waals surface area contributed by atoms with Gasteiger partial charge >= 0.3 is 5.97 Å². The van der Waals surface area contributed by atoms with Crippen molar-refractivity contribution in [2.24, 2.45) is 0 Å². The van der Waals surface area contributed by atoms with E-state index in [0.717, 1.165) is 47.4 Å². The van der Waals surface area contributed by atoms with Crippen LogP contribution in [0.1, 0.15) is 40.5 Å². The molecule has 0 bridgehead atoms. The molecule has 0 saturated carbocycles. The number of nitrogens with zero attached hydrogens (tertiary/aromatic N) is 1. The highest BCUT2D eigenvalue weighted by molar-refractivity contribution is 5.78. The molecule has 4 nitrogen and oxygen atoms in total. The number of benzene rings is 3. The van der Waals surface area contributed by atoms with Crippen molar-refractivity contribution in [1.29, 1.82) is 0 Å². The second kappa shape index (κ2) is 10.8. The maximum Gasteiger partial charge on any atom is 0.313 e. The smallest absolute Gasteiger partial charge is 0.313 e. The van der Waals surface area contributed by atoms with Gasteiger partial charge in [-0.25, -0.2) is 4.98 Å². The van der Waals surface area contributed by atoms with Gasteiger partial charge in [-0.3, -0.25) is 4.79 Å². The van der Waals surface area contributed by atoms with E-state index in [1.807, 2.05) is 67.6 Å². The number of esters is 1. The standard InChI is InChI=1S/C29H29NO3/c1-21-27(30-28(33-21)25-13-7-4-8-14-25)15-9-10-22-16-18-23(19-17-22)20-26(29(31)32-2)24-11-5-3-6-12-24/h3-8,11-14,16-19,26H,9-10,15,20H2,1-2H3. The summed E-state index contributed by atoms with van der Waals surface area (Å²) in [5.41, 5.74) is 5.40. The van der Waals surface area contributed by atoms with Crippen molar-refractivity contribution in [1.82, 2.24) is 4.98 Å². The molecule has 1 aromatic heterocycles. The molecular weight excluding hydrogens is 410 g/mol. The molecule has 0 amide bonds. The van der Waals surface area contributed by atoms with Gasteiger partial charge < -0.3 is 9.15 Å². The van der Waals surface area contributed by atoms with E-state index in [0.29, 0.717) is 12.3 Å². The second-order valence-corrected chi connectivity index (χ2v) is 8.25. The van der Waals surface area contributed by atoms with Gasteiger partial charge in [-0.1, -0.05) is 72.8 Å². The molecule has 4 heteroatoms. The number of rotatable bonds is 9. The van der Waals surface area contributed by atoms with Crippen molar-refractivity contribution in [3.63, 3.8) is 0 Å². The van der Waals surface area contributed by atoms with Crippen LogP contribution in [0.2, 0.25) is 0 Å². The zero-order valence-electron chi connectivity index (χ0n) is 19.2. The third kappa shape index (κ3) is 5.78. The predicted octanol–water partition coefficient (Wildman–Crippen LogP) is 6.32. The number of hydrogen-bond acceptors (Lipinski definition) is 4. The molecule has 33 heavy (non-hydrogen) atoms. The molecule has 0 aliphatic carbocycles. The second-order valence-electron chi connectivity index (χ2n) is 8.25. The minimum atomic E-state index is -0.295. The molecule has 0 radical (unpaired) electrons. The Morgan fingerprint density at radius 1 is 0.879 bits per heavy atom. The van der Waals surface area contributed by atoms with Crippen LogP contribution < -0.4 is 0 Å². The van der Waals surface area contributed by atoms with Gasteiger partial charge in [0.25, 0.3) is 0 Å². The van der Waals surface area contributed by atoms with Crippen LogP contribution >= 0.6 is 0 Å². The summed E-state index contributed by atoms with van der Waals surface area (Å²) >= 11 is 0. The molecule has 1 unspecified atom stereocenters. The summed E-state index contributed by atoms with van der Waals surface area (Å²) in [4.78, 5) is 17.0. The summed E-state index contributed by atoms with van der Waals surface area (Å²) in [6.07, 6.45) is 3.46. The lowest BCUT2D eigenvalue weighted by Crippen LogP contribution is -2.16. The molecule has 1 atom stereocenters. The van der Waals surface area contributed by atoms with Crippen molar-refractivity contribution in [3.8, 4) is 11.5 Å². The average Bonchev–Trinajstić information content (AvgIpc) is 3.24. The lowest BCUT2D eigenvalue weighted by Gasteiger charge is -2.15. The number of aryl methyl sites for hydroxylation is 3. The highest BCUT2D eigenvalue weighted by atomic mass is 16.5. The van der Waals surface area contributed by atoms with Crippen LogP contribution in [0, 0.1) is 6.92 Å². The summed E-state index contributed by atoms with van der Waals surface area (Å²) < 4.78 is 10.9. The van der Waals surface area contributed by atoms with E-state index < -0.39 is 0 Å². The summed E-state index contributed by atoms with van der Waals surface area (Å²) in [6, 6.07) is 28.3. The summed E-state index contributed by atoms with van der Waals surface area (Å²) in [5, 5.41) is 0. The molecule has 3 aromatic carbocycles. The zero-order valence-corrected chi connectivity index (χ0v) is 19.2. The number of methoxy groups -OCH3 is 1. The number of ether oxygens (including phenoxy) is 1. The Kier molecular flexibility index (Phi) is 7.36. The largest absolute Gasteiger partial charge is 0.469 e. The van der Waals surface area contributed by atoms with E-state index in [1.165, 1.54) is 12.7 Å². The van der Waals surface area contributed by atoms with E-state index in [2.05, 4.69) is 24.3 Å². The molecule has 0 N–H and O–H groups in total. The molecule has 0 aliphatic rings. The third-order valence-corrected chi connectivity index (χ3v) is 5.94. The van der Waals surface area contributed by atoms with Crippen LogP contribution in [0.5, 0.6) is 0 Å². The predicted molar refractivity (Wildman–Crippen MR) is 130 cm³/mol. The number of carbonyl (C=O) groups excluding carboxylic acids is 1. The normalized spacial score (nSPS) is 11.8. The van der Waals surface area contributed by atoms with Gasteiger partial charge in [0.15, 0.2) is 0 Å². The highest BCUT2D eigenvalue weighted by Gasteiger charge is 2.21. The first-order valence-corrected chi connectivity index (χ1v) is 11.4. The molecule has 0 aliphatic heterocycles. The minimum Gasteiger partial charge on any atom is -0.469 e. The van der Waals surface area contributed by atoms with Crippen molar-refractivity contribution >= 4 is 5.97 Å². The highest BCUT2D eigenvalue weighted by Crippen LogP contribution is 2.24. The van der Waals surface area contributed by atoms with Crippen LogP contribution in [0.4, 0.5) is 0 Å². The first-order valence-electron chi connectivity index (χ1n) is 11.4. The van der Waals surface area contributed by atoms with Gasteiger partial charge in [0.1, 0.15) is 5.76 Å². The maximum absolute atomic E-state index is 12.3. The van der Waals surface area contributed by atoms with E-state index in [4.69, 9.17) is 14.1 Å². The third-order valence-electron chi connectivity index (χ3n) is 5.94. The summed E-state index contributed by atoms with van der Waals surface area (Å²) in [7, 11) is 1.45. The van der Waals surface area contributed by atoms with E-state index in [9.17, 15) is 4.79 Å². The van der Waals surface area contributed by atoms with Crippen molar-refractivity contribution < 1.29 is 13.9 Å². The Balaban J connectivity index is 1.34. The zero-order chi connectivity index (χ0) is 23.0. The quantitative estimate of drug-likeness (QED) is 0.286. The Morgan fingerprint density at radius 2 is 1.52 bits per heavy atom. The Labute approximate surface area is 195 Å². The topological polar surface area (TPSA) is 52.3 Å². The van der Waals surface area contributed by atoms with Crippen LogP contribution in [-0.4, -0.2) is 18.1 Å². The van der Waals surface area contributed by atoms with Crippen molar-refractivity contribution in [2.45, 2.75) is 38.5 Å². The van der Waals surface area contributed by atoms with E-state index >= 15 is 0 Å². The summed E-state index contributed by atoms with van der Waals surface area (Å²) in [5.74, 6) is 1.07. The monoisotopic (exact) mass is 439 g/mol. The van der Waals surface area contributed by atoms with Gasteiger partial charge in [0.05, 0.1) is 18.7 Å². The summed E-state index contributed by atoms with van der Waals surface area (Å²) in [6.45, 7) is 1.98. The molecule has 4 rings (SSSR count). The number of hydrogen-bond donors (Lipinski definition) is 0. The number of oxazole rings is 1. The molecule has 168 valence electrons. The fraction of sp³-hybridized carbons (Fsp3) is 0.241. The Morgan fingerprint density at radius 3 is 2.18 bits per heavy atom. The molecule has 0 saturated heterocycles. The Hall–Kier alpha value is -3.66. The molecule has 4 aromatic rings. The molecule has 0 spiro atoms. The van der Waals surface area contributed by atoms with Crippen LogP contribution in [0.3, 0.4) is 0 Å². The van der Waals surface area contributed by atoms with Gasteiger partial charge in [-0.05, 0) is 61.4 Å². The maximum atomic E-state index is 12.3. The minimum absolute atomic E-state index is 0.205. The SMILES string of the molecule is COC(=O)C(Cc1ccc(CCCc2nc(-c3ccccc3)oc2C)cc1)c1ccccc1. The van der Waals surface area contributed by atoms with Crippen LogP contribution in [0.15, 0.2) is 89.3 Å². The van der Waals surface area contributed by atoms with Gasteiger partial charge in [-0.2, -0.15) is 0 Å². The van der Waals surface area contributed by atoms with Gasteiger partial charge in [-0.15, -0.1) is 0 Å². The van der Waals surface area contributed by atoms with Gasteiger partial charge in [0, 0.05) is 5.56 Å². The van der Waals surface area contributed by atoms with Crippen LogP contribution in [-0.2, 0) is 28.8 Å². The Bertz CT molecular complexity index is 1160. The number of carbonyl (C=O) groups is 1. The first-order chi connectivity index (χ1) is 16.1. The van der Waals surface area contributed by atoms with Gasteiger partial charge in [0.2, 0.25) is 5.89 Å². The lowest BCUT2D eigenvalue weighted by molar-refractivity contribution is -0.142. The van der Waals surface area contributed by atoms with E-state index in [1.54, 1.807) is 0 Å². The molecular formula is C29H29NO3. The van der Waals surface area contributed by atoms with Crippen molar-refractivity contribution in [3.05, 3.63) is 113 Å². The fourth-order valence-corrected chi connectivity index (χ4v) is 4.07. The molecule has 1 heterocycles.